The van der Waals surface area contributed by atoms with Crippen molar-refractivity contribution in [3.8, 4) is 5.69 Å². The molecule has 0 fully saturated rings. The first kappa shape index (κ1) is 21.6. The van der Waals surface area contributed by atoms with Crippen LogP contribution in [0.1, 0.15) is 0 Å². The van der Waals surface area contributed by atoms with Crippen molar-refractivity contribution < 1.29 is 0 Å². The monoisotopic (exact) mass is 539 g/mol. The SMILES string of the molecule is c1ccc2c(c1)nc1c3ccc4c(c5ccccc5n4-c4cccc5c4sc4ccccc45)c3c3ccccc3n21. The highest BCUT2D eigenvalue weighted by atomic mass is 32.1. The van der Waals surface area contributed by atoms with Gasteiger partial charge in [0.25, 0.3) is 0 Å². The molecule has 0 aliphatic heterocycles. The van der Waals surface area contributed by atoms with E-state index < -0.39 is 0 Å². The molecule has 10 rings (SSSR count). The summed E-state index contributed by atoms with van der Waals surface area (Å²) in [5.74, 6) is 0. The van der Waals surface area contributed by atoms with Crippen molar-refractivity contribution in [1.82, 2.24) is 14.0 Å². The van der Waals surface area contributed by atoms with Crippen LogP contribution in [-0.4, -0.2) is 14.0 Å². The van der Waals surface area contributed by atoms with Crippen molar-refractivity contribution in [2.45, 2.75) is 0 Å². The van der Waals surface area contributed by atoms with Crippen LogP contribution in [0.3, 0.4) is 0 Å². The molecule has 0 atom stereocenters. The third-order valence-corrected chi connectivity index (χ3v) is 9.89. The second-order valence-electron chi connectivity index (χ2n) is 10.8. The lowest BCUT2D eigenvalue weighted by Gasteiger charge is -2.12. The minimum Gasteiger partial charge on any atom is -0.308 e. The number of thiophene rings is 1. The molecule has 0 amide bonds. The molecule has 0 saturated heterocycles. The second-order valence-corrected chi connectivity index (χ2v) is 11.8. The average molecular weight is 540 g/mol. The molecular formula is C37H21N3S. The number of aromatic nitrogens is 3. The fourth-order valence-electron chi connectivity index (χ4n) is 7.03. The molecular weight excluding hydrogens is 518 g/mol. The standard InChI is InChI=1S/C37H21N3S/c1-6-16-29-24(11-1)34-26(37-38-27-14-4-7-17-30(27)40(29)37)20-21-31-35(34)25-12-2-5-15-28(25)39(31)32-18-9-13-23-22-10-3-8-19-33(22)41-36(23)32/h1-21H. The summed E-state index contributed by atoms with van der Waals surface area (Å²) < 4.78 is 7.44. The average Bonchev–Trinajstić information content (AvgIpc) is 3.71. The molecule has 0 N–H and O–H groups in total. The summed E-state index contributed by atoms with van der Waals surface area (Å²) in [5.41, 5.74) is 8.01. The van der Waals surface area contributed by atoms with Gasteiger partial charge in [-0.15, -0.1) is 11.3 Å². The van der Waals surface area contributed by atoms with Gasteiger partial charge in [0, 0.05) is 42.4 Å². The largest absolute Gasteiger partial charge is 0.308 e. The molecule has 6 aromatic carbocycles. The van der Waals surface area contributed by atoms with E-state index >= 15 is 0 Å². The van der Waals surface area contributed by atoms with E-state index in [9.17, 15) is 0 Å². The van der Waals surface area contributed by atoms with Crippen LogP contribution in [0.2, 0.25) is 0 Å². The maximum absolute atomic E-state index is 5.17. The van der Waals surface area contributed by atoms with Crippen LogP contribution in [0.15, 0.2) is 127 Å². The summed E-state index contributed by atoms with van der Waals surface area (Å²) in [6.45, 7) is 0. The van der Waals surface area contributed by atoms with Gasteiger partial charge in [-0.2, -0.15) is 0 Å². The molecule has 0 spiro atoms. The van der Waals surface area contributed by atoms with Gasteiger partial charge in [0.2, 0.25) is 0 Å². The Labute approximate surface area is 238 Å². The van der Waals surface area contributed by atoms with E-state index in [1.807, 2.05) is 11.3 Å². The molecule has 4 heteroatoms. The highest BCUT2D eigenvalue weighted by Gasteiger charge is 2.21. The highest BCUT2D eigenvalue weighted by molar-refractivity contribution is 7.26. The van der Waals surface area contributed by atoms with Crippen molar-refractivity contribution in [2.75, 3.05) is 0 Å². The van der Waals surface area contributed by atoms with E-state index in [2.05, 4.69) is 136 Å². The van der Waals surface area contributed by atoms with Crippen molar-refractivity contribution in [3.63, 3.8) is 0 Å². The zero-order chi connectivity index (χ0) is 26.7. The summed E-state index contributed by atoms with van der Waals surface area (Å²) >= 11 is 1.88. The zero-order valence-electron chi connectivity index (χ0n) is 21.9. The van der Waals surface area contributed by atoms with Crippen LogP contribution in [0.25, 0.3) is 86.0 Å². The van der Waals surface area contributed by atoms with E-state index in [4.69, 9.17) is 4.98 Å². The molecule has 0 aliphatic rings. The Morgan fingerprint density at radius 1 is 0.463 bits per heavy atom. The van der Waals surface area contributed by atoms with Crippen molar-refractivity contribution >= 4 is 91.7 Å². The molecule has 0 aliphatic carbocycles. The minimum atomic E-state index is 1.00. The number of pyridine rings is 1. The molecule has 10 aromatic rings. The Kier molecular flexibility index (Phi) is 4.07. The number of hydrogen-bond donors (Lipinski definition) is 0. The summed E-state index contributed by atoms with van der Waals surface area (Å²) in [4.78, 5) is 5.17. The van der Waals surface area contributed by atoms with Crippen LogP contribution < -0.4 is 0 Å². The van der Waals surface area contributed by atoms with Gasteiger partial charge in [0.1, 0.15) is 5.65 Å². The first-order valence-electron chi connectivity index (χ1n) is 13.9. The lowest BCUT2D eigenvalue weighted by molar-refractivity contribution is 1.20. The van der Waals surface area contributed by atoms with Gasteiger partial charge in [0.15, 0.2) is 0 Å². The third kappa shape index (κ3) is 2.70. The first-order chi connectivity index (χ1) is 20.4. The lowest BCUT2D eigenvalue weighted by atomic mass is 10.00. The predicted molar refractivity (Wildman–Crippen MR) is 175 cm³/mol. The van der Waals surface area contributed by atoms with E-state index in [1.165, 1.54) is 69.3 Å². The Morgan fingerprint density at radius 2 is 1.15 bits per heavy atom. The highest BCUT2D eigenvalue weighted by Crippen LogP contribution is 2.44. The van der Waals surface area contributed by atoms with Crippen molar-refractivity contribution in [3.05, 3.63) is 127 Å². The number of rotatable bonds is 1. The van der Waals surface area contributed by atoms with Crippen LogP contribution in [-0.2, 0) is 0 Å². The maximum Gasteiger partial charge on any atom is 0.146 e. The van der Waals surface area contributed by atoms with Gasteiger partial charge >= 0.3 is 0 Å². The molecule has 4 heterocycles. The van der Waals surface area contributed by atoms with Crippen molar-refractivity contribution in [1.29, 1.82) is 0 Å². The molecule has 190 valence electrons. The van der Waals surface area contributed by atoms with Gasteiger partial charge in [0.05, 0.1) is 38.0 Å². The van der Waals surface area contributed by atoms with Gasteiger partial charge in [-0.25, -0.2) is 4.98 Å². The van der Waals surface area contributed by atoms with E-state index in [1.54, 1.807) is 0 Å². The Morgan fingerprint density at radius 3 is 2.02 bits per heavy atom. The van der Waals surface area contributed by atoms with E-state index in [0.29, 0.717) is 0 Å². The number of fused-ring (bicyclic) bond motifs is 15. The quantitative estimate of drug-likeness (QED) is 0.190. The van der Waals surface area contributed by atoms with Crippen LogP contribution >= 0.6 is 11.3 Å². The summed E-state index contributed by atoms with van der Waals surface area (Å²) in [6.07, 6.45) is 0. The molecule has 3 nitrogen and oxygen atoms in total. The minimum absolute atomic E-state index is 1.00. The van der Waals surface area contributed by atoms with Crippen LogP contribution in [0.5, 0.6) is 0 Å². The normalized spacial score (nSPS) is 12.4. The topological polar surface area (TPSA) is 22.2 Å². The predicted octanol–water partition coefficient (Wildman–Crippen LogP) is 10.3. The lowest BCUT2D eigenvalue weighted by Crippen LogP contribution is -1.95. The number of hydrogen-bond acceptors (Lipinski definition) is 2. The Bertz CT molecular complexity index is 2700. The second kappa shape index (κ2) is 7.72. The summed E-state index contributed by atoms with van der Waals surface area (Å²) in [6, 6.07) is 46.2. The summed E-state index contributed by atoms with van der Waals surface area (Å²) in [5, 5.41) is 8.85. The fraction of sp³-hybridized carbons (Fsp3) is 0. The van der Waals surface area contributed by atoms with Crippen molar-refractivity contribution in [2.24, 2.45) is 0 Å². The molecule has 0 saturated carbocycles. The molecule has 41 heavy (non-hydrogen) atoms. The first-order valence-corrected chi connectivity index (χ1v) is 14.7. The number of para-hydroxylation sites is 4. The summed E-state index contributed by atoms with van der Waals surface area (Å²) in [7, 11) is 0. The fourth-order valence-corrected chi connectivity index (χ4v) is 8.23. The Balaban J connectivity index is 1.45. The Hall–Kier alpha value is -5.19. The number of imidazole rings is 1. The molecule has 0 unspecified atom stereocenters. The van der Waals surface area contributed by atoms with Gasteiger partial charge in [-0.05, 0) is 48.5 Å². The zero-order valence-corrected chi connectivity index (χ0v) is 22.7. The van der Waals surface area contributed by atoms with Crippen LogP contribution in [0, 0.1) is 0 Å². The third-order valence-electron chi connectivity index (χ3n) is 8.68. The van der Waals surface area contributed by atoms with Crippen LogP contribution in [0.4, 0.5) is 0 Å². The molecule has 0 radical (unpaired) electrons. The number of benzene rings is 6. The van der Waals surface area contributed by atoms with Gasteiger partial charge in [-0.1, -0.05) is 78.9 Å². The van der Waals surface area contributed by atoms with Gasteiger partial charge < -0.3 is 4.57 Å². The number of nitrogens with zero attached hydrogens (tertiary/aromatic N) is 3. The molecule has 4 aromatic heterocycles. The van der Waals surface area contributed by atoms with E-state index in [0.717, 1.165) is 16.7 Å². The van der Waals surface area contributed by atoms with Gasteiger partial charge in [-0.3, -0.25) is 4.40 Å². The smallest absolute Gasteiger partial charge is 0.146 e. The van der Waals surface area contributed by atoms with E-state index in [-0.39, 0.29) is 0 Å². The maximum atomic E-state index is 5.17. The molecule has 0 bridgehead atoms.